The van der Waals surface area contributed by atoms with E-state index in [-0.39, 0.29) is 16.7 Å². The van der Waals surface area contributed by atoms with Crippen molar-refractivity contribution in [1.82, 2.24) is 9.80 Å². The number of likely N-dealkylation sites (tertiary alicyclic amines) is 1. The Kier molecular flexibility index (Phi) is 10.3. The molecule has 5 nitrogen and oxygen atoms in total. The Morgan fingerprint density at radius 2 is 1.42 bits per heavy atom. The molecule has 0 radical (unpaired) electrons. The first-order chi connectivity index (χ1) is 18.1. The number of hydrogen-bond donors (Lipinski definition) is 1. The number of aliphatic hydroxyl groups is 1. The highest BCUT2D eigenvalue weighted by molar-refractivity contribution is 6.46. The summed E-state index contributed by atoms with van der Waals surface area (Å²) in [6.45, 7) is 16.3. The maximum absolute atomic E-state index is 13.4. The van der Waals surface area contributed by atoms with Gasteiger partial charge in [0.05, 0.1) is 11.6 Å². The first-order valence-corrected chi connectivity index (χ1v) is 14.3. The molecule has 1 heterocycles. The highest BCUT2D eigenvalue weighted by Crippen LogP contribution is 2.40. The SMILES string of the molecule is CCCCN(CCCC)CCCN1C(=O)C(=O)C(=C(O)c2ccc(C)cc2)C1c1ccc(C(C)(C)C)cc1. The lowest BCUT2D eigenvalue weighted by Crippen LogP contribution is -2.34. The van der Waals surface area contributed by atoms with E-state index in [4.69, 9.17) is 0 Å². The van der Waals surface area contributed by atoms with Gasteiger partial charge in [-0.2, -0.15) is 0 Å². The maximum atomic E-state index is 13.4. The van der Waals surface area contributed by atoms with Crippen molar-refractivity contribution in [3.05, 3.63) is 76.4 Å². The normalized spacial score (nSPS) is 17.6. The molecule has 1 fully saturated rings. The number of nitrogens with zero attached hydrogens (tertiary/aromatic N) is 2. The monoisotopic (exact) mass is 518 g/mol. The fourth-order valence-corrected chi connectivity index (χ4v) is 5.05. The van der Waals surface area contributed by atoms with Crippen molar-refractivity contribution >= 4 is 17.4 Å². The minimum Gasteiger partial charge on any atom is -0.507 e. The van der Waals surface area contributed by atoms with Crippen molar-refractivity contribution in [3.63, 3.8) is 0 Å². The summed E-state index contributed by atoms with van der Waals surface area (Å²) in [5.74, 6) is -1.25. The molecule has 1 unspecified atom stereocenters. The van der Waals surface area contributed by atoms with Crippen LogP contribution in [0.4, 0.5) is 0 Å². The second-order valence-electron chi connectivity index (χ2n) is 11.6. The molecule has 1 saturated heterocycles. The summed E-state index contributed by atoms with van der Waals surface area (Å²) < 4.78 is 0. The van der Waals surface area contributed by atoms with Gasteiger partial charge in [0.25, 0.3) is 11.7 Å². The molecule has 0 aromatic heterocycles. The largest absolute Gasteiger partial charge is 0.507 e. The molecule has 0 aliphatic carbocycles. The van der Waals surface area contributed by atoms with Gasteiger partial charge in [0.1, 0.15) is 5.76 Å². The van der Waals surface area contributed by atoms with E-state index in [2.05, 4.69) is 51.7 Å². The van der Waals surface area contributed by atoms with Gasteiger partial charge in [-0.1, -0.05) is 102 Å². The van der Waals surface area contributed by atoms with E-state index in [1.54, 1.807) is 17.0 Å². The van der Waals surface area contributed by atoms with Crippen LogP contribution in [0.25, 0.3) is 5.76 Å². The first-order valence-electron chi connectivity index (χ1n) is 14.3. The molecular formula is C33H46N2O3. The van der Waals surface area contributed by atoms with Gasteiger partial charge < -0.3 is 14.9 Å². The van der Waals surface area contributed by atoms with Crippen LogP contribution in [0.1, 0.15) is 95.0 Å². The van der Waals surface area contributed by atoms with Gasteiger partial charge in [0.15, 0.2) is 0 Å². The van der Waals surface area contributed by atoms with E-state index in [9.17, 15) is 14.7 Å². The number of ketones is 1. The van der Waals surface area contributed by atoms with E-state index >= 15 is 0 Å². The molecule has 2 aromatic carbocycles. The molecular weight excluding hydrogens is 472 g/mol. The molecule has 3 rings (SSSR count). The Morgan fingerprint density at radius 3 is 1.95 bits per heavy atom. The summed E-state index contributed by atoms with van der Waals surface area (Å²) in [5, 5.41) is 11.3. The van der Waals surface area contributed by atoms with Gasteiger partial charge in [0.2, 0.25) is 0 Å². The molecule has 206 valence electrons. The molecule has 1 aliphatic rings. The lowest BCUT2D eigenvalue weighted by molar-refractivity contribution is -0.140. The summed E-state index contributed by atoms with van der Waals surface area (Å²) in [5.41, 5.74) is 3.81. The van der Waals surface area contributed by atoms with Crippen LogP contribution in [0.3, 0.4) is 0 Å². The van der Waals surface area contributed by atoms with Crippen LogP contribution < -0.4 is 0 Å². The molecule has 0 bridgehead atoms. The number of hydrogen-bond acceptors (Lipinski definition) is 4. The third-order valence-corrected chi connectivity index (χ3v) is 7.49. The molecule has 0 saturated carbocycles. The van der Waals surface area contributed by atoms with Gasteiger partial charge in [-0.05, 0) is 62.4 Å². The van der Waals surface area contributed by atoms with Gasteiger partial charge in [0, 0.05) is 12.1 Å². The van der Waals surface area contributed by atoms with Crippen molar-refractivity contribution in [2.75, 3.05) is 26.2 Å². The van der Waals surface area contributed by atoms with Crippen molar-refractivity contribution in [2.45, 2.75) is 85.1 Å². The topological polar surface area (TPSA) is 60.9 Å². The highest BCUT2D eigenvalue weighted by Gasteiger charge is 2.45. The standard InChI is InChI=1S/C33H46N2O3/c1-7-9-20-34(21-10-8-2)22-11-23-35-29(25-16-18-27(19-17-25)33(4,5)6)28(31(37)32(35)38)30(36)26-14-12-24(3)13-15-26/h12-19,29,36H,7-11,20-23H2,1-6H3. The molecule has 1 aliphatic heterocycles. The zero-order valence-corrected chi connectivity index (χ0v) is 24.2. The van der Waals surface area contributed by atoms with Crippen LogP contribution in [-0.4, -0.2) is 52.8 Å². The summed E-state index contributed by atoms with van der Waals surface area (Å²) in [6.07, 6.45) is 5.40. The molecule has 38 heavy (non-hydrogen) atoms. The Hall–Kier alpha value is -2.92. The van der Waals surface area contributed by atoms with E-state index in [1.807, 2.05) is 31.2 Å². The summed E-state index contributed by atoms with van der Waals surface area (Å²) in [6, 6.07) is 14.9. The minimum absolute atomic E-state index is 0.0112. The van der Waals surface area contributed by atoms with Crippen LogP contribution >= 0.6 is 0 Å². The maximum Gasteiger partial charge on any atom is 0.295 e. The third kappa shape index (κ3) is 7.13. The quantitative estimate of drug-likeness (QED) is 0.187. The molecule has 2 aromatic rings. The number of rotatable bonds is 12. The van der Waals surface area contributed by atoms with E-state index in [1.165, 1.54) is 5.56 Å². The summed E-state index contributed by atoms with van der Waals surface area (Å²) in [7, 11) is 0. The number of aryl methyl sites for hydroxylation is 1. The number of Topliss-reactive ketones (excluding diaryl/α,β-unsaturated/α-hetero) is 1. The lowest BCUT2D eigenvalue weighted by atomic mass is 9.85. The van der Waals surface area contributed by atoms with Gasteiger partial charge in [-0.15, -0.1) is 0 Å². The van der Waals surface area contributed by atoms with E-state index in [0.717, 1.165) is 62.9 Å². The molecule has 1 amide bonds. The second-order valence-corrected chi connectivity index (χ2v) is 11.6. The number of unbranched alkanes of at least 4 members (excludes halogenated alkanes) is 2. The molecule has 5 heteroatoms. The number of amides is 1. The fourth-order valence-electron chi connectivity index (χ4n) is 5.05. The number of benzene rings is 2. The number of carbonyl (C=O) groups is 2. The zero-order chi connectivity index (χ0) is 27.9. The van der Waals surface area contributed by atoms with Crippen molar-refractivity contribution in [1.29, 1.82) is 0 Å². The molecule has 0 spiro atoms. The number of aliphatic hydroxyl groups excluding tert-OH is 1. The van der Waals surface area contributed by atoms with Crippen molar-refractivity contribution in [3.8, 4) is 0 Å². The Bertz CT molecular complexity index is 1100. The van der Waals surface area contributed by atoms with E-state index < -0.39 is 17.7 Å². The van der Waals surface area contributed by atoms with Gasteiger partial charge in [-0.25, -0.2) is 0 Å². The first kappa shape index (κ1) is 29.6. The zero-order valence-electron chi connectivity index (χ0n) is 24.2. The number of carbonyl (C=O) groups excluding carboxylic acids is 2. The van der Waals surface area contributed by atoms with Crippen LogP contribution in [0.2, 0.25) is 0 Å². The minimum atomic E-state index is -0.609. The van der Waals surface area contributed by atoms with Crippen molar-refractivity contribution < 1.29 is 14.7 Å². The predicted octanol–water partition coefficient (Wildman–Crippen LogP) is 7.01. The average Bonchev–Trinajstić information content (AvgIpc) is 3.14. The lowest BCUT2D eigenvalue weighted by Gasteiger charge is -2.28. The van der Waals surface area contributed by atoms with Gasteiger partial charge in [-0.3, -0.25) is 9.59 Å². The van der Waals surface area contributed by atoms with Crippen LogP contribution in [-0.2, 0) is 15.0 Å². The summed E-state index contributed by atoms with van der Waals surface area (Å²) in [4.78, 5) is 30.9. The third-order valence-electron chi connectivity index (χ3n) is 7.49. The van der Waals surface area contributed by atoms with Crippen LogP contribution in [0.5, 0.6) is 0 Å². The fraction of sp³-hybridized carbons (Fsp3) is 0.515. The Morgan fingerprint density at radius 1 is 0.868 bits per heavy atom. The molecule has 1 N–H and O–H groups in total. The summed E-state index contributed by atoms with van der Waals surface area (Å²) >= 11 is 0. The predicted molar refractivity (Wildman–Crippen MR) is 156 cm³/mol. The van der Waals surface area contributed by atoms with E-state index in [0.29, 0.717) is 12.1 Å². The van der Waals surface area contributed by atoms with Gasteiger partial charge >= 0.3 is 0 Å². The smallest absolute Gasteiger partial charge is 0.295 e. The Balaban J connectivity index is 1.95. The second kappa shape index (κ2) is 13.2. The van der Waals surface area contributed by atoms with Crippen molar-refractivity contribution in [2.24, 2.45) is 0 Å². The van der Waals surface area contributed by atoms with Crippen LogP contribution in [0, 0.1) is 6.92 Å². The molecule has 1 atom stereocenters. The Labute approximate surface area is 229 Å². The van der Waals surface area contributed by atoms with Crippen LogP contribution in [0.15, 0.2) is 54.1 Å². The highest BCUT2D eigenvalue weighted by atomic mass is 16.3. The average molecular weight is 519 g/mol.